The number of carboxylic acid groups (broad SMARTS) is 4. The van der Waals surface area contributed by atoms with E-state index in [1.54, 1.807) is 19.6 Å². The average Bonchev–Trinajstić information content (AvgIpc) is 3.07. The minimum Gasteiger partial charge on any atom is -0.747 e. The van der Waals surface area contributed by atoms with Crippen LogP contribution in [0.3, 0.4) is 0 Å². The van der Waals surface area contributed by atoms with Crippen molar-refractivity contribution >= 4 is 45.8 Å². The molecule has 0 aliphatic carbocycles. The number of rotatable bonds is 9. The van der Waals surface area contributed by atoms with Gasteiger partial charge in [0.15, 0.2) is 0 Å². The van der Waals surface area contributed by atoms with Crippen molar-refractivity contribution in [3.05, 3.63) is 0 Å². The average molecular weight is 622 g/mol. The van der Waals surface area contributed by atoms with Crippen LogP contribution in [-0.2, 0) is 38.9 Å². The molecule has 19 nitrogen and oxygen atoms in total. The Labute approximate surface area is 256 Å². The minimum atomic E-state index is -4.84. The Hall–Kier alpha value is -2.27. The molecule has 0 spiro atoms. The van der Waals surface area contributed by atoms with Gasteiger partial charge in [-0.1, -0.05) is 0 Å². The number of hydrogen-bond acceptors (Lipinski definition) is 14. The Kier molecular flexibility index (Phi) is 17.3. The molecule has 21 heteroatoms. The summed E-state index contributed by atoms with van der Waals surface area (Å²) in [5.41, 5.74) is 0. The van der Waals surface area contributed by atoms with E-state index in [0.717, 1.165) is 0 Å². The van der Waals surface area contributed by atoms with Gasteiger partial charge >= 0.3 is 53.4 Å². The van der Waals surface area contributed by atoms with Gasteiger partial charge in [0.2, 0.25) is 0 Å². The molecular formula is C20H32N5NaO14S. The zero-order valence-electron chi connectivity index (χ0n) is 22.3. The van der Waals surface area contributed by atoms with Crippen LogP contribution in [0.15, 0.2) is 0 Å². The summed E-state index contributed by atoms with van der Waals surface area (Å²) in [4.78, 5) is 72.0. The molecule has 2 saturated heterocycles. The smallest absolute Gasteiger partial charge is 0.747 e. The molecule has 0 aromatic carbocycles. The number of carbonyl (C=O) groups excluding carboxylic acids is 2. The fourth-order valence-corrected chi connectivity index (χ4v) is 4.49. The van der Waals surface area contributed by atoms with E-state index >= 15 is 0 Å². The van der Waals surface area contributed by atoms with Gasteiger partial charge in [-0.2, -0.15) is 5.06 Å². The van der Waals surface area contributed by atoms with E-state index in [0.29, 0.717) is 52.4 Å². The number of amides is 2. The first-order valence-corrected chi connectivity index (χ1v) is 13.2. The van der Waals surface area contributed by atoms with E-state index in [9.17, 15) is 41.7 Å². The molecule has 5 N–H and O–H groups in total. The van der Waals surface area contributed by atoms with E-state index in [4.69, 9.17) is 25.6 Å². The van der Waals surface area contributed by atoms with Gasteiger partial charge in [0.1, 0.15) is 15.4 Å². The normalized spacial score (nSPS) is 20.6. The van der Waals surface area contributed by atoms with Crippen molar-refractivity contribution in [2.75, 3.05) is 78.5 Å². The fraction of sp³-hybridized carbons (Fsp3) is 0.700. The molecule has 0 saturated carbocycles. The third kappa shape index (κ3) is 15.5. The molecule has 2 rings (SSSR count). The van der Waals surface area contributed by atoms with Crippen molar-refractivity contribution in [3.63, 3.8) is 0 Å². The Morgan fingerprint density at radius 3 is 1.02 bits per heavy atom. The number of aliphatic carboxylic acids is 4. The Morgan fingerprint density at radius 1 is 0.659 bits per heavy atom. The standard InChI is InChI=1S/C16H28N4O8.C4H5NO6S.Na/c21-13(22)9-17-1-2-18(10-14(23)24)5-6-20(12-16(27)28)8-7-19(4-3-17)11-15(25)26;6-3-1-2(12(9,10)11)4(7)5(3)8;/h1-12H2,(H,21,22)(H,23,24)(H,25,26)(H,27,28);2,8H,1H2,(H,9,10,11);/q;;+1/p-1. The molecule has 0 aromatic rings. The number of hydrogen-bond donors (Lipinski definition) is 5. The molecule has 2 aliphatic rings. The molecule has 2 fully saturated rings. The predicted molar refractivity (Wildman–Crippen MR) is 128 cm³/mol. The van der Waals surface area contributed by atoms with E-state index in [-0.39, 0.29) is 60.8 Å². The van der Waals surface area contributed by atoms with Crippen LogP contribution in [-0.4, -0.2) is 183 Å². The van der Waals surface area contributed by atoms with Gasteiger partial charge in [-0.05, 0) is 0 Å². The summed E-state index contributed by atoms with van der Waals surface area (Å²) in [5, 5.41) is 42.5. The number of nitrogens with zero attached hydrogens (tertiary/aromatic N) is 5. The zero-order valence-corrected chi connectivity index (χ0v) is 25.1. The molecule has 2 aliphatic heterocycles. The molecule has 2 heterocycles. The topological polar surface area (TPSA) is 277 Å². The van der Waals surface area contributed by atoms with Crippen LogP contribution in [0.1, 0.15) is 6.42 Å². The van der Waals surface area contributed by atoms with Crippen molar-refractivity contribution in [2.24, 2.45) is 0 Å². The summed E-state index contributed by atoms with van der Waals surface area (Å²) in [6.07, 6.45) is -0.777. The molecule has 2 amide bonds. The first-order chi connectivity index (χ1) is 18.5. The second-order valence-corrected chi connectivity index (χ2v) is 10.5. The van der Waals surface area contributed by atoms with Gasteiger partial charge in [-0.25, -0.2) is 8.42 Å². The van der Waals surface area contributed by atoms with Crippen molar-refractivity contribution in [1.29, 1.82) is 0 Å². The summed E-state index contributed by atoms with van der Waals surface area (Å²) in [7, 11) is -4.84. The maximum Gasteiger partial charge on any atom is 1.00 e. The van der Waals surface area contributed by atoms with Crippen LogP contribution >= 0.6 is 0 Å². The number of carbonyl (C=O) groups is 6. The van der Waals surface area contributed by atoms with Gasteiger partial charge in [0.05, 0.1) is 32.6 Å². The molecule has 0 bridgehead atoms. The number of imide groups is 1. The Bertz CT molecular complexity index is 949. The fourth-order valence-electron chi connectivity index (χ4n) is 3.79. The molecule has 1 unspecified atom stereocenters. The molecule has 0 aromatic heterocycles. The molecule has 0 radical (unpaired) electrons. The third-order valence-corrected chi connectivity index (χ3v) is 6.86. The number of carboxylic acids is 4. The largest absolute Gasteiger partial charge is 1.00 e. The summed E-state index contributed by atoms with van der Waals surface area (Å²) < 4.78 is 30.8. The van der Waals surface area contributed by atoms with E-state index in [2.05, 4.69) is 0 Å². The van der Waals surface area contributed by atoms with Crippen molar-refractivity contribution in [2.45, 2.75) is 11.7 Å². The van der Waals surface area contributed by atoms with Crippen LogP contribution in [0.2, 0.25) is 0 Å². The van der Waals surface area contributed by atoms with Gasteiger partial charge in [-0.15, -0.1) is 0 Å². The van der Waals surface area contributed by atoms with Crippen LogP contribution in [0.25, 0.3) is 0 Å². The minimum absolute atomic E-state index is 0. The first-order valence-electron chi connectivity index (χ1n) is 11.8. The summed E-state index contributed by atoms with van der Waals surface area (Å²) in [6, 6.07) is 0. The molecule has 1 atom stereocenters. The Morgan fingerprint density at radius 2 is 0.902 bits per heavy atom. The first kappa shape index (κ1) is 38.7. The maximum absolute atomic E-state index is 11.1. The monoisotopic (exact) mass is 621 g/mol. The van der Waals surface area contributed by atoms with Gasteiger partial charge < -0.3 is 25.0 Å². The van der Waals surface area contributed by atoms with Crippen molar-refractivity contribution in [1.82, 2.24) is 24.7 Å². The zero-order chi connectivity index (χ0) is 30.6. The van der Waals surface area contributed by atoms with Gasteiger partial charge in [0.25, 0.3) is 11.8 Å². The Balaban J connectivity index is 0.00000103. The quantitative estimate of drug-likeness (QED) is 0.0692. The van der Waals surface area contributed by atoms with E-state index in [1.807, 2.05) is 0 Å². The second-order valence-electron chi connectivity index (χ2n) is 8.91. The van der Waals surface area contributed by atoms with Crippen LogP contribution < -0.4 is 29.6 Å². The predicted octanol–water partition coefficient (Wildman–Crippen LogP) is -7.40. The van der Waals surface area contributed by atoms with Crippen molar-refractivity contribution < 1.29 is 96.9 Å². The molecular weight excluding hydrogens is 589 g/mol. The number of hydroxylamine groups is 2. The van der Waals surface area contributed by atoms with Crippen molar-refractivity contribution in [3.8, 4) is 0 Å². The molecule has 41 heavy (non-hydrogen) atoms. The van der Waals surface area contributed by atoms with E-state index in [1.165, 1.54) is 0 Å². The maximum atomic E-state index is 11.1. The van der Waals surface area contributed by atoms with Gasteiger partial charge in [-0.3, -0.25) is 53.6 Å². The third-order valence-electron chi connectivity index (χ3n) is 5.79. The summed E-state index contributed by atoms with van der Waals surface area (Å²) in [6.45, 7) is 1.52. The second kappa shape index (κ2) is 18.3. The van der Waals surface area contributed by atoms with E-state index < -0.39 is 57.5 Å². The van der Waals surface area contributed by atoms with Gasteiger partial charge in [0, 0.05) is 52.4 Å². The van der Waals surface area contributed by atoms with Crippen LogP contribution in [0, 0.1) is 0 Å². The summed E-state index contributed by atoms with van der Waals surface area (Å²) in [5.74, 6) is -6.54. The molecule has 228 valence electrons. The van der Waals surface area contributed by atoms with Crippen LogP contribution in [0.5, 0.6) is 0 Å². The SMILES string of the molecule is O=C(O)CN1CCN(CC(=O)O)CCN(CC(=O)O)CCN(CC(=O)O)CC1.O=C1CC(S(=O)(=O)[O-])C(=O)N1O.[Na+]. The van der Waals surface area contributed by atoms with Crippen LogP contribution in [0.4, 0.5) is 0 Å². The summed E-state index contributed by atoms with van der Waals surface area (Å²) >= 11 is 0.